The van der Waals surface area contributed by atoms with Crippen molar-refractivity contribution in [1.29, 1.82) is 0 Å². The lowest BCUT2D eigenvalue weighted by atomic mass is 9.83. The van der Waals surface area contributed by atoms with Crippen LogP contribution < -0.4 is 0 Å². The number of carbonyl (C=O) groups is 1. The van der Waals surface area contributed by atoms with Gasteiger partial charge in [0.2, 0.25) is 0 Å². The van der Waals surface area contributed by atoms with Crippen molar-refractivity contribution in [2.75, 3.05) is 0 Å². The maximum Gasteiger partial charge on any atom is 0.137 e. The molecule has 0 aliphatic heterocycles. The Bertz CT molecular complexity index is 346. The summed E-state index contributed by atoms with van der Waals surface area (Å²) in [5, 5.41) is 0. The molecule has 0 N–H and O–H groups in total. The van der Waals surface area contributed by atoms with Crippen molar-refractivity contribution in [3.05, 3.63) is 35.9 Å². The first-order chi connectivity index (χ1) is 7.87. The molecule has 1 aromatic rings. The molecule has 0 radical (unpaired) electrons. The first kappa shape index (κ1) is 14.0. The predicted molar refractivity (Wildman–Crippen MR) is 73.0 cm³/mol. The second-order valence-electron chi connectivity index (χ2n) is 6.28. The molecule has 0 saturated carbocycles. The van der Waals surface area contributed by atoms with Gasteiger partial charge in [0.05, 0.1) is 0 Å². The van der Waals surface area contributed by atoms with Crippen molar-refractivity contribution in [1.82, 2.24) is 0 Å². The zero-order valence-corrected chi connectivity index (χ0v) is 11.5. The number of carbonyl (C=O) groups excluding carboxylic acids is 1. The van der Waals surface area contributed by atoms with Crippen molar-refractivity contribution >= 4 is 5.78 Å². The van der Waals surface area contributed by atoms with E-state index in [4.69, 9.17) is 0 Å². The molecule has 1 atom stereocenters. The molecule has 0 heterocycles. The summed E-state index contributed by atoms with van der Waals surface area (Å²) >= 11 is 0. The molecule has 0 fully saturated rings. The van der Waals surface area contributed by atoms with Crippen LogP contribution in [-0.2, 0) is 11.2 Å². The van der Waals surface area contributed by atoms with Gasteiger partial charge in [-0.25, -0.2) is 0 Å². The highest BCUT2D eigenvalue weighted by Gasteiger charge is 2.17. The Hall–Kier alpha value is -1.11. The Morgan fingerprint density at radius 3 is 2.29 bits per heavy atom. The Morgan fingerprint density at radius 1 is 1.18 bits per heavy atom. The minimum atomic E-state index is 0.312. The highest BCUT2D eigenvalue weighted by atomic mass is 16.1. The maximum absolute atomic E-state index is 11.9. The van der Waals surface area contributed by atoms with Gasteiger partial charge in [-0.3, -0.25) is 4.79 Å². The van der Waals surface area contributed by atoms with Crippen LogP contribution in [0.4, 0.5) is 0 Å². The summed E-state index contributed by atoms with van der Waals surface area (Å²) in [6.07, 6.45) is 2.38. The average molecular weight is 232 g/mol. The van der Waals surface area contributed by atoms with Gasteiger partial charge in [0.1, 0.15) is 5.78 Å². The van der Waals surface area contributed by atoms with Crippen LogP contribution in [0.15, 0.2) is 30.3 Å². The third kappa shape index (κ3) is 6.25. The zero-order chi connectivity index (χ0) is 12.9. The van der Waals surface area contributed by atoms with Gasteiger partial charge < -0.3 is 0 Å². The van der Waals surface area contributed by atoms with Crippen LogP contribution in [0, 0.1) is 11.3 Å². The van der Waals surface area contributed by atoms with Gasteiger partial charge >= 0.3 is 0 Å². The third-order valence-electron chi connectivity index (χ3n) is 2.78. The lowest BCUT2D eigenvalue weighted by molar-refractivity contribution is -0.119. The van der Waals surface area contributed by atoms with E-state index in [2.05, 4.69) is 27.7 Å². The molecule has 1 unspecified atom stereocenters. The van der Waals surface area contributed by atoms with E-state index in [1.54, 1.807) is 0 Å². The predicted octanol–water partition coefficient (Wildman–Crippen LogP) is 4.26. The highest BCUT2D eigenvalue weighted by molar-refractivity contribution is 5.81. The van der Waals surface area contributed by atoms with Crippen molar-refractivity contribution in [3.63, 3.8) is 0 Å². The van der Waals surface area contributed by atoms with E-state index in [1.165, 1.54) is 0 Å². The number of hydrogen-bond donors (Lipinski definition) is 0. The largest absolute Gasteiger partial charge is 0.299 e. The molecule has 1 nitrogen and oxygen atoms in total. The van der Waals surface area contributed by atoms with Crippen molar-refractivity contribution in [2.45, 2.75) is 47.0 Å². The number of Topliss-reactive ketones (excluding diaryl/α,β-unsaturated/α-hetero) is 1. The first-order valence-corrected chi connectivity index (χ1v) is 6.42. The third-order valence-corrected chi connectivity index (χ3v) is 2.78. The van der Waals surface area contributed by atoms with Gasteiger partial charge in [-0.2, -0.15) is 0 Å². The molecule has 17 heavy (non-hydrogen) atoms. The molecular weight excluding hydrogens is 208 g/mol. The molecule has 94 valence electrons. The van der Waals surface area contributed by atoms with Crippen LogP contribution in [-0.4, -0.2) is 5.78 Å². The van der Waals surface area contributed by atoms with Gasteiger partial charge in [-0.1, -0.05) is 58.0 Å². The molecule has 1 rings (SSSR count). The Morgan fingerprint density at radius 2 is 1.76 bits per heavy atom. The number of ketones is 1. The Kier molecular flexibility index (Phi) is 4.92. The van der Waals surface area contributed by atoms with Crippen molar-refractivity contribution in [3.8, 4) is 0 Å². The molecular formula is C16H24O. The van der Waals surface area contributed by atoms with E-state index in [9.17, 15) is 4.79 Å². The van der Waals surface area contributed by atoms with E-state index in [0.717, 1.165) is 12.0 Å². The first-order valence-electron chi connectivity index (χ1n) is 6.42. The standard InChI is InChI=1S/C16H24O/c1-13(12-16(2,3)4)10-15(17)11-14-8-6-5-7-9-14/h5-9,13H,10-12H2,1-4H3. The molecule has 0 bridgehead atoms. The smallest absolute Gasteiger partial charge is 0.137 e. The van der Waals surface area contributed by atoms with Crippen LogP contribution in [0.3, 0.4) is 0 Å². The van der Waals surface area contributed by atoms with Gasteiger partial charge in [0, 0.05) is 12.8 Å². The quantitative estimate of drug-likeness (QED) is 0.741. The average Bonchev–Trinajstić information content (AvgIpc) is 2.15. The minimum absolute atomic E-state index is 0.312. The van der Waals surface area contributed by atoms with Crippen molar-refractivity contribution < 1.29 is 4.79 Å². The summed E-state index contributed by atoms with van der Waals surface area (Å²) in [5.41, 5.74) is 1.44. The zero-order valence-electron chi connectivity index (χ0n) is 11.5. The second kappa shape index (κ2) is 6.00. The highest BCUT2D eigenvalue weighted by Crippen LogP contribution is 2.26. The van der Waals surface area contributed by atoms with Gasteiger partial charge in [0.25, 0.3) is 0 Å². The monoisotopic (exact) mass is 232 g/mol. The van der Waals surface area contributed by atoms with Crippen LogP contribution in [0.2, 0.25) is 0 Å². The van der Waals surface area contributed by atoms with E-state index in [1.807, 2.05) is 30.3 Å². The fourth-order valence-corrected chi connectivity index (χ4v) is 2.40. The number of hydrogen-bond acceptors (Lipinski definition) is 1. The van der Waals surface area contributed by atoms with Gasteiger partial charge in [0.15, 0.2) is 0 Å². The Labute approximate surface area is 105 Å². The molecule has 0 spiro atoms. The fraction of sp³-hybridized carbons (Fsp3) is 0.562. The lowest BCUT2D eigenvalue weighted by Gasteiger charge is -2.22. The van der Waals surface area contributed by atoms with E-state index < -0.39 is 0 Å². The molecule has 1 aromatic carbocycles. The maximum atomic E-state index is 11.9. The van der Waals surface area contributed by atoms with E-state index in [-0.39, 0.29) is 0 Å². The molecule has 1 heteroatoms. The molecule has 0 aliphatic rings. The normalized spacial score (nSPS) is 13.4. The molecule has 0 aromatic heterocycles. The fourth-order valence-electron chi connectivity index (χ4n) is 2.40. The van der Waals surface area contributed by atoms with Crippen molar-refractivity contribution in [2.24, 2.45) is 11.3 Å². The summed E-state index contributed by atoms with van der Waals surface area (Å²) in [5.74, 6) is 0.833. The minimum Gasteiger partial charge on any atom is -0.299 e. The van der Waals surface area contributed by atoms with Gasteiger partial charge in [-0.05, 0) is 23.3 Å². The number of benzene rings is 1. The topological polar surface area (TPSA) is 17.1 Å². The molecule has 0 saturated heterocycles. The second-order valence-corrected chi connectivity index (χ2v) is 6.28. The van der Waals surface area contributed by atoms with Crippen LogP contribution in [0.1, 0.15) is 46.1 Å². The summed E-state index contributed by atoms with van der Waals surface area (Å²) in [6.45, 7) is 8.86. The molecule has 0 aliphatic carbocycles. The van der Waals surface area contributed by atoms with E-state index in [0.29, 0.717) is 30.0 Å². The summed E-state index contributed by atoms with van der Waals surface area (Å²) < 4.78 is 0. The SMILES string of the molecule is CC(CC(=O)Cc1ccccc1)CC(C)(C)C. The van der Waals surface area contributed by atoms with Crippen LogP contribution in [0.25, 0.3) is 0 Å². The summed E-state index contributed by atoms with van der Waals surface area (Å²) in [7, 11) is 0. The lowest BCUT2D eigenvalue weighted by Crippen LogP contribution is -2.15. The van der Waals surface area contributed by atoms with Crippen LogP contribution in [0.5, 0.6) is 0 Å². The molecule has 0 amide bonds. The van der Waals surface area contributed by atoms with E-state index >= 15 is 0 Å². The Balaban J connectivity index is 2.40. The summed E-state index contributed by atoms with van der Waals surface area (Å²) in [4.78, 5) is 11.9. The van der Waals surface area contributed by atoms with Gasteiger partial charge in [-0.15, -0.1) is 0 Å². The summed E-state index contributed by atoms with van der Waals surface area (Å²) in [6, 6.07) is 10.00. The number of rotatable bonds is 5. The van der Waals surface area contributed by atoms with Crippen LogP contribution >= 0.6 is 0 Å².